The molecule has 2 aliphatic rings. The molecule has 1 aromatic heterocycles. The maximum Gasteiger partial charge on any atom is 0.410 e. The molecule has 3 heterocycles. The van der Waals surface area contributed by atoms with Crippen molar-refractivity contribution in [3.05, 3.63) is 18.5 Å². The number of aromatic nitrogens is 2. The minimum Gasteiger partial charge on any atom is -0.444 e. The van der Waals surface area contributed by atoms with E-state index in [9.17, 15) is 4.79 Å². The molecule has 0 unspecified atom stereocenters. The number of carbonyl (C=O) groups excluding carboxylic acids is 1. The lowest BCUT2D eigenvalue weighted by Gasteiger charge is -2.37. The van der Waals surface area contributed by atoms with Crippen LogP contribution in [0, 0.1) is 5.92 Å². The Labute approximate surface area is 202 Å². The van der Waals surface area contributed by atoms with Gasteiger partial charge in [-0.15, -0.1) is 24.0 Å². The van der Waals surface area contributed by atoms with Crippen LogP contribution < -0.4 is 10.2 Å². The Morgan fingerprint density at radius 3 is 2.26 bits per heavy atom. The number of amides is 1. The Morgan fingerprint density at radius 1 is 1.10 bits per heavy atom. The van der Waals surface area contributed by atoms with Crippen LogP contribution in [0.3, 0.4) is 0 Å². The van der Waals surface area contributed by atoms with E-state index in [0.29, 0.717) is 5.92 Å². The molecule has 0 atom stereocenters. The van der Waals surface area contributed by atoms with Gasteiger partial charge in [-0.05, 0) is 45.6 Å². The summed E-state index contributed by atoms with van der Waals surface area (Å²) in [6.45, 7) is 11.6. The van der Waals surface area contributed by atoms with Gasteiger partial charge in [0.15, 0.2) is 5.96 Å². The van der Waals surface area contributed by atoms with Crippen molar-refractivity contribution in [1.29, 1.82) is 0 Å². The van der Waals surface area contributed by atoms with Gasteiger partial charge in [-0.2, -0.15) is 0 Å². The number of carbonyl (C=O) groups is 1. The number of anilines is 1. The molecule has 1 amide bonds. The van der Waals surface area contributed by atoms with Crippen molar-refractivity contribution < 1.29 is 9.53 Å². The molecule has 0 spiro atoms. The molecule has 0 radical (unpaired) electrons. The first-order valence-electron chi connectivity index (χ1n) is 10.8. The van der Waals surface area contributed by atoms with Crippen LogP contribution in [0.25, 0.3) is 0 Å². The Bertz CT molecular complexity index is 710. The minimum atomic E-state index is -0.446. The summed E-state index contributed by atoms with van der Waals surface area (Å²) < 4.78 is 5.48. The van der Waals surface area contributed by atoms with Crippen molar-refractivity contribution in [2.75, 3.05) is 57.8 Å². The minimum absolute atomic E-state index is 0. The van der Waals surface area contributed by atoms with Crippen LogP contribution in [0.2, 0.25) is 0 Å². The zero-order chi connectivity index (χ0) is 21.6. The van der Waals surface area contributed by atoms with E-state index in [1.807, 2.05) is 38.8 Å². The highest BCUT2D eigenvalue weighted by atomic mass is 127. The SMILES string of the molecule is CN=C(NCC1CCN(C(=O)OC(C)(C)C)CC1)N1CCN(c2ncccn2)CC1.I. The summed E-state index contributed by atoms with van der Waals surface area (Å²) in [6.07, 6.45) is 5.31. The highest BCUT2D eigenvalue weighted by molar-refractivity contribution is 14.0. The van der Waals surface area contributed by atoms with Gasteiger partial charge in [-0.25, -0.2) is 14.8 Å². The van der Waals surface area contributed by atoms with E-state index in [1.54, 1.807) is 12.4 Å². The first kappa shape index (κ1) is 25.4. The largest absolute Gasteiger partial charge is 0.444 e. The summed E-state index contributed by atoms with van der Waals surface area (Å²) in [4.78, 5) is 31.7. The predicted octanol–water partition coefficient (Wildman–Crippen LogP) is 2.44. The third-order valence-electron chi connectivity index (χ3n) is 5.44. The molecule has 9 nitrogen and oxygen atoms in total. The fourth-order valence-corrected chi connectivity index (χ4v) is 3.79. The molecule has 31 heavy (non-hydrogen) atoms. The maximum atomic E-state index is 12.2. The number of piperazine rings is 1. The van der Waals surface area contributed by atoms with Crippen molar-refractivity contribution >= 4 is 42.0 Å². The smallest absolute Gasteiger partial charge is 0.410 e. The fourth-order valence-electron chi connectivity index (χ4n) is 3.79. The van der Waals surface area contributed by atoms with E-state index < -0.39 is 5.60 Å². The molecule has 2 aliphatic heterocycles. The molecular formula is C21H36IN7O2. The van der Waals surface area contributed by atoms with Crippen molar-refractivity contribution in [2.24, 2.45) is 10.9 Å². The number of hydrogen-bond acceptors (Lipinski definition) is 6. The van der Waals surface area contributed by atoms with E-state index in [2.05, 4.69) is 30.1 Å². The van der Waals surface area contributed by atoms with Gasteiger partial charge in [0.05, 0.1) is 0 Å². The standard InChI is InChI=1S/C21H35N7O2.HI/c1-21(2,3)30-20(29)28-10-6-17(7-11-28)16-25-18(22-4)26-12-14-27(15-13-26)19-23-8-5-9-24-19;/h5,8-9,17H,6-7,10-16H2,1-4H3,(H,22,25);1H. The van der Waals surface area contributed by atoms with Crippen LogP contribution in [-0.4, -0.2) is 90.3 Å². The lowest BCUT2D eigenvalue weighted by atomic mass is 9.97. The van der Waals surface area contributed by atoms with Gasteiger partial charge in [-0.3, -0.25) is 4.99 Å². The summed E-state index contributed by atoms with van der Waals surface area (Å²) >= 11 is 0. The van der Waals surface area contributed by atoms with E-state index >= 15 is 0 Å². The number of ether oxygens (including phenoxy) is 1. The quantitative estimate of drug-likeness (QED) is 0.355. The number of guanidine groups is 1. The van der Waals surface area contributed by atoms with Gasteiger partial charge < -0.3 is 24.8 Å². The first-order valence-corrected chi connectivity index (χ1v) is 10.8. The van der Waals surface area contributed by atoms with Crippen molar-refractivity contribution in [3.8, 4) is 0 Å². The van der Waals surface area contributed by atoms with Crippen LogP contribution >= 0.6 is 24.0 Å². The zero-order valence-electron chi connectivity index (χ0n) is 19.1. The summed E-state index contributed by atoms with van der Waals surface area (Å²) in [6, 6.07) is 1.84. The average molecular weight is 545 g/mol. The topological polar surface area (TPSA) is 86.2 Å². The molecule has 0 saturated carbocycles. The van der Waals surface area contributed by atoms with Crippen LogP contribution in [0.5, 0.6) is 0 Å². The maximum absolute atomic E-state index is 12.2. The Kier molecular flexibility index (Phi) is 9.57. The van der Waals surface area contributed by atoms with Gasteiger partial charge in [0, 0.05) is 65.3 Å². The van der Waals surface area contributed by atoms with Gasteiger partial charge in [0.1, 0.15) is 5.60 Å². The summed E-state index contributed by atoms with van der Waals surface area (Å²) in [7, 11) is 1.83. The Balaban J connectivity index is 0.00000341. The van der Waals surface area contributed by atoms with Gasteiger partial charge in [0.25, 0.3) is 0 Å². The Hall–Kier alpha value is -1.85. The number of aliphatic imine (C=N–C) groups is 1. The van der Waals surface area contributed by atoms with Crippen LogP contribution in [0.15, 0.2) is 23.5 Å². The molecule has 0 aliphatic carbocycles. The Morgan fingerprint density at radius 2 is 1.71 bits per heavy atom. The molecular weight excluding hydrogens is 509 g/mol. The molecule has 2 fully saturated rings. The lowest BCUT2D eigenvalue weighted by Crippen LogP contribution is -2.53. The second kappa shape index (κ2) is 11.7. The number of piperidine rings is 1. The monoisotopic (exact) mass is 545 g/mol. The molecule has 10 heteroatoms. The molecule has 3 rings (SSSR count). The van der Waals surface area contributed by atoms with Crippen LogP contribution in [0.4, 0.5) is 10.7 Å². The second-order valence-electron chi connectivity index (χ2n) is 8.86. The fraction of sp³-hybridized carbons (Fsp3) is 0.714. The van der Waals surface area contributed by atoms with Crippen molar-refractivity contribution in [1.82, 2.24) is 25.1 Å². The number of nitrogens with one attached hydrogen (secondary N) is 1. The molecule has 1 N–H and O–H groups in total. The highest BCUT2D eigenvalue weighted by Crippen LogP contribution is 2.19. The van der Waals surface area contributed by atoms with Crippen LogP contribution in [0.1, 0.15) is 33.6 Å². The number of hydrogen-bond donors (Lipinski definition) is 1. The molecule has 0 aromatic carbocycles. The van der Waals surface area contributed by atoms with E-state index in [-0.39, 0.29) is 30.1 Å². The van der Waals surface area contributed by atoms with E-state index in [0.717, 1.165) is 70.6 Å². The number of nitrogens with zero attached hydrogens (tertiary/aromatic N) is 6. The molecule has 0 bridgehead atoms. The van der Waals surface area contributed by atoms with E-state index in [1.165, 1.54) is 0 Å². The van der Waals surface area contributed by atoms with Gasteiger partial charge in [0.2, 0.25) is 5.95 Å². The first-order chi connectivity index (χ1) is 14.4. The summed E-state index contributed by atoms with van der Waals surface area (Å²) in [5, 5.41) is 3.54. The van der Waals surface area contributed by atoms with Crippen molar-refractivity contribution in [2.45, 2.75) is 39.2 Å². The zero-order valence-corrected chi connectivity index (χ0v) is 21.4. The third kappa shape index (κ3) is 7.65. The average Bonchev–Trinajstić information content (AvgIpc) is 2.74. The summed E-state index contributed by atoms with van der Waals surface area (Å²) in [5.74, 6) is 2.26. The molecule has 2 saturated heterocycles. The van der Waals surface area contributed by atoms with Crippen molar-refractivity contribution in [3.63, 3.8) is 0 Å². The normalized spacial score (nSPS) is 18.5. The van der Waals surface area contributed by atoms with E-state index in [4.69, 9.17) is 4.74 Å². The highest BCUT2D eigenvalue weighted by Gasteiger charge is 2.27. The van der Waals surface area contributed by atoms with Gasteiger partial charge in [-0.1, -0.05) is 0 Å². The molecule has 174 valence electrons. The third-order valence-corrected chi connectivity index (χ3v) is 5.44. The summed E-state index contributed by atoms with van der Waals surface area (Å²) in [5.41, 5.74) is -0.446. The second-order valence-corrected chi connectivity index (χ2v) is 8.86. The number of likely N-dealkylation sites (tertiary alicyclic amines) is 1. The number of halogens is 1. The lowest BCUT2D eigenvalue weighted by molar-refractivity contribution is 0.0185. The molecule has 1 aromatic rings. The van der Waals surface area contributed by atoms with Gasteiger partial charge >= 0.3 is 6.09 Å². The van der Waals surface area contributed by atoms with Crippen LogP contribution in [-0.2, 0) is 4.74 Å². The predicted molar refractivity (Wildman–Crippen MR) is 133 cm³/mol. The number of rotatable bonds is 3.